The predicted molar refractivity (Wildman–Crippen MR) is 101 cm³/mol. The summed E-state index contributed by atoms with van der Waals surface area (Å²) in [6, 6.07) is 0. The number of rotatable bonds is 10. The summed E-state index contributed by atoms with van der Waals surface area (Å²) in [6.07, 6.45) is 13.2. The Kier molecular flexibility index (Phi) is 6.67. The van der Waals surface area contributed by atoms with Crippen LogP contribution in [0.1, 0.15) is 58.8 Å². The predicted octanol–water partition coefficient (Wildman–Crippen LogP) is 3.12. The summed E-state index contributed by atoms with van der Waals surface area (Å²) >= 11 is 0. The van der Waals surface area contributed by atoms with Gasteiger partial charge in [-0.3, -0.25) is 9.59 Å². The summed E-state index contributed by atoms with van der Waals surface area (Å²) in [5.41, 5.74) is 4.43. The number of carbonyl (C=O) groups is 2. The lowest BCUT2D eigenvalue weighted by Crippen LogP contribution is -2.41. The number of fused-ring (bicyclic) bond motifs is 2. The van der Waals surface area contributed by atoms with E-state index in [0.29, 0.717) is 12.8 Å². The lowest BCUT2D eigenvalue weighted by molar-refractivity contribution is -0.140. The monoisotopic (exact) mass is 363 g/mol. The summed E-state index contributed by atoms with van der Waals surface area (Å²) in [6.45, 7) is 3.96. The molecule has 146 valence electrons. The molecule has 5 nitrogen and oxygen atoms in total. The molecule has 26 heavy (non-hydrogen) atoms. The van der Waals surface area contributed by atoms with E-state index >= 15 is 0 Å². The molecule has 0 aromatic rings. The highest BCUT2D eigenvalue weighted by molar-refractivity contribution is 5.85. The Balaban J connectivity index is 2.10. The minimum Gasteiger partial charge on any atom is -0.469 e. The number of unbranched alkanes of at least 4 members (excludes halogenated alkanes) is 1. The standard InChI is InChI=1S/C21H33NO4/c1-4-11-20(2,25)14-16-15-10-12-21(13-15,19(22)24)17(16)8-6-5-7-9-18(23)26-3/h6,8,10,12,15-17,25H,4-5,7,9,11,13-14H2,1-3H3,(H2,22,24). The second-order valence-corrected chi connectivity index (χ2v) is 8.17. The Morgan fingerprint density at radius 1 is 1.46 bits per heavy atom. The Morgan fingerprint density at radius 3 is 2.81 bits per heavy atom. The number of hydrogen-bond acceptors (Lipinski definition) is 4. The number of aliphatic hydroxyl groups is 1. The Morgan fingerprint density at radius 2 is 2.19 bits per heavy atom. The molecule has 0 heterocycles. The van der Waals surface area contributed by atoms with Gasteiger partial charge in [0, 0.05) is 6.42 Å². The van der Waals surface area contributed by atoms with Crippen molar-refractivity contribution >= 4 is 11.9 Å². The van der Waals surface area contributed by atoms with E-state index in [1.54, 1.807) is 0 Å². The fourth-order valence-corrected chi connectivity index (χ4v) is 4.81. The van der Waals surface area contributed by atoms with Gasteiger partial charge in [0.05, 0.1) is 18.1 Å². The molecule has 0 saturated heterocycles. The zero-order chi connectivity index (χ0) is 19.4. The molecule has 3 N–H and O–H groups in total. The van der Waals surface area contributed by atoms with E-state index in [1.807, 2.05) is 19.1 Å². The third-order valence-electron chi connectivity index (χ3n) is 6.07. The first kappa shape index (κ1) is 20.7. The average Bonchev–Trinajstić information content (AvgIpc) is 3.13. The van der Waals surface area contributed by atoms with Gasteiger partial charge in [-0.05, 0) is 56.8 Å². The lowest BCUT2D eigenvalue weighted by Gasteiger charge is -2.36. The van der Waals surface area contributed by atoms with E-state index in [4.69, 9.17) is 5.73 Å². The van der Waals surface area contributed by atoms with Crippen molar-refractivity contribution in [3.05, 3.63) is 24.3 Å². The fraction of sp³-hybridized carbons (Fsp3) is 0.714. The largest absolute Gasteiger partial charge is 0.469 e. The van der Waals surface area contributed by atoms with Gasteiger partial charge >= 0.3 is 5.97 Å². The normalized spacial score (nSPS) is 32.1. The van der Waals surface area contributed by atoms with Gasteiger partial charge in [0.1, 0.15) is 0 Å². The van der Waals surface area contributed by atoms with E-state index in [1.165, 1.54) is 7.11 Å². The summed E-state index contributed by atoms with van der Waals surface area (Å²) in [4.78, 5) is 23.5. The summed E-state index contributed by atoms with van der Waals surface area (Å²) in [5, 5.41) is 10.7. The van der Waals surface area contributed by atoms with E-state index in [0.717, 1.165) is 32.1 Å². The second-order valence-electron chi connectivity index (χ2n) is 8.17. The van der Waals surface area contributed by atoms with Gasteiger partial charge in [-0.2, -0.15) is 0 Å². The molecule has 1 amide bonds. The third-order valence-corrected chi connectivity index (χ3v) is 6.07. The highest BCUT2D eigenvalue weighted by Gasteiger charge is 2.57. The van der Waals surface area contributed by atoms with Crippen molar-refractivity contribution in [3.8, 4) is 0 Å². The van der Waals surface area contributed by atoms with Gasteiger partial charge in [-0.25, -0.2) is 0 Å². The molecular weight excluding hydrogens is 330 g/mol. The van der Waals surface area contributed by atoms with Gasteiger partial charge in [0.25, 0.3) is 0 Å². The van der Waals surface area contributed by atoms with Crippen LogP contribution in [0.15, 0.2) is 24.3 Å². The molecule has 5 heteroatoms. The SMILES string of the molecule is CCCC(C)(O)CC1C2C=CC(C(N)=O)(C2)C1C=CCCCC(=O)OC. The Labute approximate surface area is 156 Å². The number of nitrogens with two attached hydrogens (primary N) is 1. The highest BCUT2D eigenvalue weighted by atomic mass is 16.5. The highest BCUT2D eigenvalue weighted by Crippen LogP contribution is 2.59. The summed E-state index contributed by atoms with van der Waals surface area (Å²) in [7, 11) is 1.39. The topological polar surface area (TPSA) is 89.6 Å². The van der Waals surface area contributed by atoms with Gasteiger partial charge in [-0.15, -0.1) is 0 Å². The smallest absolute Gasteiger partial charge is 0.305 e. The van der Waals surface area contributed by atoms with Crippen molar-refractivity contribution in [2.75, 3.05) is 7.11 Å². The first-order chi connectivity index (χ1) is 12.3. The summed E-state index contributed by atoms with van der Waals surface area (Å²) in [5.74, 6) is 0.0272. The molecule has 2 aliphatic rings. The first-order valence-electron chi connectivity index (χ1n) is 9.71. The average molecular weight is 363 g/mol. The van der Waals surface area contributed by atoms with Crippen LogP contribution in [-0.4, -0.2) is 29.7 Å². The van der Waals surface area contributed by atoms with Crippen LogP contribution >= 0.6 is 0 Å². The first-order valence-corrected chi connectivity index (χ1v) is 9.71. The Bertz CT molecular complexity index is 581. The van der Waals surface area contributed by atoms with Crippen molar-refractivity contribution in [2.24, 2.45) is 28.9 Å². The van der Waals surface area contributed by atoms with Gasteiger partial charge in [-0.1, -0.05) is 37.6 Å². The Hall–Kier alpha value is -1.62. The zero-order valence-corrected chi connectivity index (χ0v) is 16.2. The van der Waals surface area contributed by atoms with E-state index in [2.05, 4.69) is 23.8 Å². The molecule has 5 atom stereocenters. The van der Waals surface area contributed by atoms with Crippen LogP contribution in [0, 0.1) is 23.2 Å². The minimum absolute atomic E-state index is 0.0106. The molecule has 0 aliphatic heterocycles. The molecule has 1 fully saturated rings. The van der Waals surface area contributed by atoms with E-state index in [-0.39, 0.29) is 29.6 Å². The maximum atomic E-state index is 12.3. The second kappa shape index (κ2) is 8.38. The van der Waals surface area contributed by atoms with Crippen LogP contribution in [-0.2, 0) is 14.3 Å². The quantitative estimate of drug-likeness (QED) is 0.354. The van der Waals surface area contributed by atoms with E-state index in [9.17, 15) is 14.7 Å². The molecule has 2 rings (SSSR count). The van der Waals surface area contributed by atoms with E-state index < -0.39 is 11.0 Å². The van der Waals surface area contributed by atoms with Crippen molar-refractivity contribution < 1.29 is 19.4 Å². The van der Waals surface area contributed by atoms with Gasteiger partial charge in [0.2, 0.25) is 5.91 Å². The van der Waals surface area contributed by atoms with Crippen LogP contribution in [0.2, 0.25) is 0 Å². The number of allylic oxidation sites excluding steroid dienone is 3. The molecule has 0 radical (unpaired) electrons. The molecule has 2 aliphatic carbocycles. The van der Waals surface area contributed by atoms with Crippen LogP contribution in [0.25, 0.3) is 0 Å². The minimum atomic E-state index is -0.729. The number of ether oxygens (including phenoxy) is 1. The molecule has 0 aromatic carbocycles. The maximum Gasteiger partial charge on any atom is 0.305 e. The lowest BCUT2D eigenvalue weighted by atomic mass is 9.69. The van der Waals surface area contributed by atoms with Crippen LogP contribution < -0.4 is 5.73 Å². The molecular formula is C21H33NO4. The molecule has 0 spiro atoms. The van der Waals surface area contributed by atoms with Crippen molar-refractivity contribution in [2.45, 2.75) is 64.4 Å². The maximum absolute atomic E-state index is 12.3. The molecule has 0 aromatic heterocycles. The molecule has 2 bridgehead atoms. The number of esters is 1. The van der Waals surface area contributed by atoms with Gasteiger partial charge < -0.3 is 15.6 Å². The number of primary amides is 1. The number of carbonyl (C=O) groups excluding carboxylic acids is 2. The molecule has 1 saturated carbocycles. The van der Waals surface area contributed by atoms with Gasteiger partial charge in [0.15, 0.2) is 0 Å². The zero-order valence-electron chi connectivity index (χ0n) is 16.2. The van der Waals surface area contributed by atoms with Crippen molar-refractivity contribution in [1.29, 1.82) is 0 Å². The third kappa shape index (κ3) is 4.37. The van der Waals surface area contributed by atoms with Crippen LogP contribution in [0.4, 0.5) is 0 Å². The molecule has 5 unspecified atom stereocenters. The van der Waals surface area contributed by atoms with Crippen LogP contribution in [0.5, 0.6) is 0 Å². The van der Waals surface area contributed by atoms with Crippen molar-refractivity contribution in [3.63, 3.8) is 0 Å². The number of hydrogen-bond donors (Lipinski definition) is 2. The summed E-state index contributed by atoms with van der Waals surface area (Å²) < 4.78 is 4.65. The van der Waals surface area contributed by atoms with Crippen LogP contribution in [0.3, 0.4) is 0 Å². The number of methoxy groups -OCH3 is 1. The fourth-order valence-electron chi connectivity index (χ4n) is 4.81. The van der Waals surface area contributed by atoms with Crippen molar-refractivity contribution in [1.82, 2.24) is 0 Å². The number of amides is 1.